The second-order valence-corrected chi connectivity index (χ2v) is 7.21. The van der Waals surface area contributed by atoms with Gasteiger partial charge in [0.25, 0.3) is 0 Å². The molecule has 4 nitrogen and oxygen atoms in total. The highest BCUT2D eigenvalue weighted by molar-refractivity contribution is 5.88. The lowest BCUT2D eigenvalue weighted by atomic mass is 10.1. The van der Waals surface area contributed by atoms with E-state index in [1.807, 2.05) is 45.0 Å². The number of nitrogens with zero attached hydrogens (tertiary/aromatic N) is 1. The van der Waals surface area contributed by atoms with E-state index in [9.17, 15) is 14.0 Å². The maximum Gasteiger partial charge on any atom is 0.242 e. The number of carbonyl (C=O) groups is 2. The molecule has 0 spiro atoms. The summed E-state index contributed by atoms with van der Waals surface area (Å²) in [5.74, 6) is -0.895. The maximum absolute atomic E-state index is 14.0. The largest absolute Gasteiger partial charge is 0.352 e. The van der Waals surface area contributed by atoms with Gasteiger partial charge in [-0.05, 0) is 49.9 Å². The molecule has 150 valence electrons. The molecule has 0 saturated heterocycles. The van der Waals surface area contributed by atoms with Crippen LogP contribution < -0.4 is 5.32 Å². The number of carbonyl (C=O) groups excluding carboxylic acids is 2. The van der Waals surface area contributed by atoms with Gasteiger partial charge in [-0.15, -0.1) is 0 Å². The molecule has 2 aromatic carbocycles. The molecule has 0 radical (unpaired) electrons. The standard InChI is InChI=1S/C23H29FN2O2/c1-5-17(3)25-23(28)18(4)26(15-20-12-7-6-10-16(20)2)22(27)14-19-11-8-9-13-21(19)24/h6-13,17-18H,5,14-15H2,1-4H3,(H,25,28)/t17-,18-/m0/s1. The van der Waals surface area contributed by atoms with Crippen LogP contribution in [0.5, 0.6) is 0 Å². The van der Waals surface area contributed by atoms with Crippen LogP contribution in [0.15, 0.2) is 48.5 Å². The molecule has 2 aromatic rings. The smallest absolute Gasteiger partial charge is 0.242 e. The molecule has 1 N–H and O–H groups in total. The number of benzene rings is 2. The van der Waals surface area contributed by atoms with Crippen LogP contribution in [-0.2, 0) is 22.6 Å². The Hall–Kier alpha value is -2.69. The van der Waals surface area contributed by atoms with Crippen molar-refractivity contribution in [3.63, 3.8) is 0 Å². The quantitative estimate of drug-likeness (QED) is 0.748. The molecule has 0 aromatic heterocycles. The monoisotopic (exact) mass is 384 g/mol. The van der Waals surface area contributed by atoms with Gasteiger partial charge in [-0.3, -0.25) is 9.59 Å². The Bertz CT molecular complexity index is 822. The van der Waals surface area contributed by atoms with Crippen molar-refractivity contribution in [3.05, 3.63) is 71.0 Å². The third-order valence-electron chi connectivity index (χ3n) is 5.07. The molecular weight excluding hydrogens is 355 g/mol. The van der Waals surface area contributed by atoms with Crippen molar-refractivity contribution in [1.29, 1.82) is 0 Å². The minimum absolute atomic E-state index is 0.0249. The molecule has 0 bridgehead atoms. The van der Waals surface area contributed by atoms with Gasteiger partial charge in [-0.25, -0.2) is 4.39 Å². The average molecular weight is 384 g/mol. The minimum Gasteiger partial charge on any atom is -0.352 e. The van der Waals surface area contributed by atoms with Crippen molar-refractivity contribution in [2.75, 3.05) is 0 Å². The predicted octanol–water partition coefficient (Wildman–Crippen LogP) is 4.01. The summed E-state index contributed by atoms with van der Waals surface area (Å²) in [6.45, 7) is 7.91. The zero-order chi connectivity index (χ0) is 20.7. The summed E-state index contributed by atoms with van der Waals surface area (Å²) in [4.78, 5) is 27.3. The van der Waals surface area contributed by atoms with Crippen LogP contribution in [0.1, 0.15) is 43.9 Å². The van der Waals surface area contributed by atoms with E-state index in [-0.39, 0.29) is 24.3 Å². The van der Waals surface area contributed by atoms with Gasteiger partial charge in [0.15, 0.2) is 0 Å². The SMILES string of the molecule is CC[C@H](C)NC(=O)[C@H](C)N(Cc1ccccc1C)C(=O)Cc1ccccc1F. The first kappa shape index (κ1) is 21.6. The molecule has 0 fully saturated rings. The van der Waals surface area contributed by atoms with Gasteiger partial charge in [-0.1, -0.05) is 49.4 Å². The number of nitrogens with one attached hydrogen (secondary N) is 1. The molecule has 2 amide bonds. The topological polar surface area (TPSA) is 49.4 Å². The van der Waals surface area contributed by atoms with Gasteiger partial charge in [-0.2, -0.15) is 0 Å². The van der Waals surface area contributed by atoms with E-state index in [0.717, 1.165) is 17.5 Å². The minimum atomic E-state index is -0.659. The second kappa shape index (κ2) is 10.0. The predicted molar refractivity (Wildman–Crippen MR) is 109 cm³/mol. The number of halogens is 1. The number of rotatable bonds is 8. The second-order valence-electron chi connectivity index (χ2n) is 7.21. The van der Waals surface area contributed by atoms with Crippen LogP contribution in [-0.4, -0.2) is 28.8 Å². The van der Waals surface area contributed by atoms with E-state index < -0.39 is 11.9 Å². The number of amides is 2. The van der Waals surface area contributed by atoms with Crippen LogP contribution in [0.2, 0.25) is 0 Å². The highest BCUT2D eigenvalue weighted by atomic mass is 19.1. The summed E-state index contributed by atoms with van der Waals surface area (Å²) in [5, 5.41) is 2.93. The van der Waals surface area contributed by atoms with Crippen molar-refractivity contribution in [2.45, 2.75) is 59.2 Å². The first-order chi connectivity index (χ1) is 13.3. The molecule has 2 rings (SSSR count). The first-order valence-corrected chi connectivity index (χ1v) is 9.71. The number of hydrogen-bond donors (Lipinski definition) is 1. The van der Waals surface area contributed by atoms with Gasteiger partial charge >= 0.3 is 0 Å². The maximum atomic E-state index is 14.0. The fourth-order valence-electron chi connectivity index (χ4n) is 2.93. The summed E-state index contributed by atoms with van der Waals surface area (Å²) in [6, 6.07) is 13.4. The van der Waals surface area contributed by atoms with Crippen LogP contribution >= 0.6 is 0 Å². The van der Waals surface area contributed by atoms with Gasteiger partial charge in [0, 0.05) is 12.6 Å². The van der Waals surface area contributed by atoms with Crippen LogP contribution in [0.4, 0.5) is 4.39 Å². The summed E-state index contributed by atoms with van der Waals surface area (Å²) in [5.41, 5.74) is 2.34. The summed E-state index contributed by atoms with van der Waals surface area (Å²) >= 11 is 0. The Morgan fingerprint density at radius 2 is 1.64 bits per heavy atom. The molecular formula is C23H29FN2O2. The van der Waals surface area contributed by atoms with E-state index >= 15 is 0 Å². The van der Waals surface area contributed by atoms with Crippen molar-refractivity contribution in [2.24, 2.45) is 0 Å². The fraction of sp³-hybridized carbons (Fsp3) is 0.391. The number of aryl methyl sites for hydroxylation is 1. The Labute approximate surface area is 166 Å². The van der Waals surface area contributed by atoms with E-state index in [4.69, 9.17) is 0 Å². The molecule has 0 aliphatic rings. The van der Waals surface area contributed by atoms with Crippen molar-refractivity contribution < 1.29 is 14.0 Å². The highest BCUT2D eigenvalue weighted by Gasteiger charge is 2.27. The number of hydrogen-bond acceptors (Lipinski definition) is 2. The molecule has 0 saturated carbocycles. The normalized spacial score (nSPS) is 12.9. The lowest BCUT2D eigenvalue weighted by molar-refractivity contribution is -0.140. The van der Waals surface area contributed by atoms with E-state index in [2.05, 4.69) is 5.32 Å². The summed E-state index contributed by atoms with van der Waals surface area (Å²) in [6.07, 6.45) is 0.721. The Morgan fingerprint density at radius 1 is 1.04 bits per heavy atom. The zero-order valence-electron chi connectivity index (χ0n) is 17.0. The van der Waals surface area contributed by atoms with Crippen LogP contribution in [0, 0.1) is 12.7 Å². The van der Waals surface area contributed by atoms with Crippen LogP contribution in [0.25, 0.3) is 0 Å². The lowest BCUT2D eigenvalue weighted by Crippen LogP contribution is -2.50. The van der Waals surface area contributed by atoms with Gasteiger partial charge in [0.05, 0.1) is 6.42 Å². The fourth-order valence-corrected chi connectivity index (χ4v) is 2.93. The Kier molecular flexibility index (Phi) is 7.73. The van der Waals surface area contributed by atoms with Gasteiger partial charge in [0.1, 0.15) is 11.9 Å². The highest BCUT2D eigenvalue weighted by Crippen LogP contribution is 2.16. The van der Waals surface area contributed by atoms with Crippen molar-refractivity contribution in [3.8, 4) is 0 Å². The molecule has 2 atom stereocenters. The Balaban J connectivity index is 2.26. The zero-order valence-corrected chi connectivity index (χ0v) is 17.0. The van der Waals surface area contributed by atoms with E-state index in [1.54, 1.807) is 25.1 Å². The summed E-state index contributed by atoms with van der Waals surface area (Å²) in [7, 11) is 0. The Morgan fingerprint density at radius 3 is 2.25 bits per heavy atom. The van der Waals surface area contributed by atoms with Crippen molar-refractivity contribution in [1.82, 2.24) is 10.2 Å². The molecule has 0 aliphatic heterocycles. The molecule has 28 heavy (non-hydrogen) atoms. The molecule has 0 unspecified atom stereocenters. The van der Waals surface area contributed by atoms with Crippen LogP contribution in [0.3, 0.4) is 0 Å². The average Bonchev–Trinajstić information content (AvgIpc) is 2.68. The lowest BCUT2D eigenvalue weighted by Gasteiger charge is -2.30. The first-order valence-electron chi connectivity index (χ1n) is 9.71. The van der Waals surface area contributed by atoms with E-state index in [0.29, 0.717) is 12.1 Å². The molecule has 0 heterocycles. The summed E-state index contributed by atoms with van der Waals surface area (Å²) < 4.78 is 14.0. The molecule has 5 heteroatoms. The third kappa shape index (κ3) is 5.65. The van der Waals surface area contributed by atoms with E-state index in [1.165, 1.54) is 11.0 Å². The van der Waals surface area contributed by atoms with Crippen molar-refractivity contribution >= 4 is 11.8 Å². The molecule has 0 aliphatic carbocycles. The third-order valence-corrected chi connectivity index (χ3v) is 5.07. The van der Waals surface area contributed by atoms with Gasteiger partial charge in [0.2, 0.25) is 11.8 Å². The van der Waals surface area contributed by atoms with Gasteiger partial charge < -0.3 is 10.2 Å².